The summed E-state index contributed by atoms with van der Waals surface area (Å²) in [6, 6.07) is 21.3. The van der Waals surface area contributed by atoms with Crippen LogP contribution in [0.4, 0.5) is 4.39 Å². The largest absolute Gasteiger partial charge is 0.497 e. The number of halogens is 2. The predicted octanol–water partition coefficient (Wildman–Crippen LogP) is 5.20. The molecule has 1 saturated heterocycles. The lowest BCUT2D eigenvalue weighted by Crippen LogP contribution is -2.49. The van der Waals surface area contributed by atoms with Crippen LogP contribution in [0.25, 0.3) is 0 Å². The van der Waals surface area contributed by atoms with Gasteiger partial charge in [0.25, 0.3) is 5.91 Å². The molecule has 1 heterocycles. The summed E-state index contributed by atoms with van der Waals surface area (Å²) < 4.78 is 24.9. The van der Waals surface area contributed by atoms with Gasteiger partial charge in [-0.3, -0.25) is 9.69 Å². The van der Waals surface area contributed by atoms with Gasteiger partial charge in [0.15, 0.2) is 0 Å². The van der Waals surface area contributed by atoms with Gasteiger partial charge in [-0.1, -0.05) is 35.9 Å². The minimum Gasteiger partial charge on any atom is -0.497 e. The second-order valence-corrected chi connectivity index (χ2v) is 8.74. The summed E-state index contributed by atoms with van der Waals surface area (Å²) in [4.78, 5) is 16.9. The van der Waals surface area contributed by atoms with Gasteiger partial charge in [-0.25, -0.2) is 4.39 Å². The lowest BCUT2D eigenvalue weighted by molar-refractivity contribution is 0.00333. The molecule has 1 aliphatic heterocycles. The molecule has 3 aromatic carbocycles. The van der Waals surface area contributed by atoms with Crippen LogP contribution in [0.5, 0.6) is 5.75 Å². The van der Waals surface area contributed by atoms with Crippen LogP contribution in [0.2, 0.25) is 5.02 Å². The molecule has 34 heavy (non-hydrogen) atoms. The molecule has 1 unspecified atom stereocenters. The molecule has 5 nitrogen and oxygen atoms in total. The van der Waals surface area contributed by atoms with Crippen LogP contribution < -0.4 is 4.74 Å². The zero-order valence-electron chi connectivity index (χ0n) is 19.1. The maximum atomic E-state index is 13.2. The Labute approximate surface area is 204 Å². The fourth-order valence-corrected chi connectivity index (χ4v) is 4.28. The van der Waals surface area contributed by atoms with Crippen LogP contribution in [0.1, 0.15) is 27.6 Å². The minimum absolute atomic E-state index is 0.0683. The first-order valence-corrected chi connectivity index (χ1v) is 11.7. The zero-order valence-corrected chi connectivity index (χ0v) is 19.9. The van der Waals surface area contributed by atoms with Gasteiger partial charge in [0, 0.05) is 43.3 Å². The molecule has 178 valence electrons. The van der Waals surface area contributed by atoms with E-state index < -0.39 is 0 Å². The molecule has 0 aliphatic carbocycles. The standard InChI is InChI=1S/C27H28ClFN2O3/c1-33-25-7-3-5-22(17-25)26(34-19-20-4-2-6-23(28)16-20)18-30-12-14-31(15-13-30)27(32)21-8-10-24(29)11-9-21/h2-11,16-17,26H,12-15,18-19H2,1H3. The van der Waals surface area contributed by atoms with Crippen LogP contribution in [0, 0.1) is 5.82 Å². The van der Waals surface area contributed by atoms with E-state index in [1.165, 1.54) is 24.3 Å². The zero-order chi connectivity index (χ0) is 23.9. The molecule has 7 heteroatoms. The van der Waals surface area contributed by atoms with Crippen molar-refractivity contribution in [3.63, 3.8) is 0 Å². The summed E-state index contributed by atoms with van der Waals surface area (Å²) in [5.41, 5.74) is 2.55. The molecule has 1 aliphatic rings. The van der Waals surface area contributed by atoms with E-state index in [4.69, 9.17) is 21.1 Å². The quantitative estimate of drug-likeness (QED) is 0.442. The van der Waals surface area contributed by atoms with Crippen molar-refractivity contribution in [3.8, 4) is 5.75 Å². The van der Waals surface area contributed by atoms with Crippen LogP contribution in [0.15, 0.2) is 72.8 Å². The van der Waals surface area contributed by atoms with Crippen molar-refractivity contribution in [2.45, 2.75) is 12.7 Å². The predicted molar refractivity (Wildman–Crippen MR) is 131 cm³/mol. The van der Waals surface area contributed by atoms with Crippen molar-refractivity contribution < 1.29 is 18.7 Å². The van der Waals surface area contributed by atoms with E-state index >= 15 is 0 Å². The van der Waals surface area contributed by atoms with E-state index in [1.807, 2.05) is 53.4 Å². The number of nitrogens with zero attached hydrogens (tertiary/aromatic N) is 2. The fraction of sp³-hybridized carbons (Fsp3) is 0.296. The topological polar surface area (TPSA) is 42.0 Å². The maximum Gasteiger partial charge on any atom is 0.253 e. The van der Waals surface area contributed by atoms with Gasteiger partial charge < -0.3 is 14.4 Å². The first-order chi connectivity index (χ1) is 16.5. The molecule has 1 atom stereocenters. The lowest BCUT2D eigenvalue weighted by atomic mass is 10.1. The number of carbonyl (C=O) groups is 1. The van der Waals surface area contributed by atoms with Crippen molar-refractivity contribution in [2.75, 3.05) is 39.8 Å². The van der Waals surface area contributed by atoms with E-state index in [0.717, 1.165) is 30.0 Å². The van der Waals surface area contributed by atoms with Gasteiger partial charge in [-0.15, -0.1) is 0 Å². The molecule has 0 N–H and O–H groups in total. The molecule has 1 amide bonds. The third-order valence-corrected chi connectivity index (χ3v) is 6.22. The average molecular weight is 483 g/mol. The Balaban J connectivity index is 1.40. The highest BCUT2D eigenvalue weighted by Gasteiger charge is 2.25. The Morgan fingerprint density at radius 1 is 1.00 bits per heavy atom. The smallest absolute Gasteiger partial charge is 0.253 e. The number of carbonyl (C=O) groups excluding carboxylic acids is 1. The summed E-state index contributed by atoms with van der Waals surface area (Å²) in [6.07, 6.45) is -0.173. The van der Waals surface area contributed by atoms with Crippen molar-refractivity contribution in [3.05, 3.63) is 100 Å². The fourth-order valence-electron chi connectivity index (χ4n) is 4.06. The van der Waals surface area contributed by atoms with Crippen LogP contribution in [-0.2, 0) is 11.3 Å². The third kappa shape index (κ3) is 6.35. The lowest BCUT2D eigenvalue weighted by Gasteiger charge is -2.36. The van der Waals surface area contributed by atoms with Gasteiger partial charge in [-0.2, -0.15) is 0 Å². The Bertz CT molecular complexity index is 1100. The second kappa shape index (κ2) is 11.5. The van der Waals surface area contributed by atoms with Gasteiger partial charge in [0.1, 0.15) is 11.6 Å². The number of hydrogen-bond donors (Lipinski definition) is 0. The number of benzene rings is 3. The van der Waals surface area contributed by atoms with Crippen LogP contribution in [0.3, 0.4) is 0 Å². The van der Waals surface area contributed by atoms with E-state index in [-0.39, 0.29) is 17.8 Å². The normalized spacial score (nSPS) is 15.2. The van der Waals surface area contributed by atoms with Crippen molar-refractivity contribution in [2.24, 2.45) is 0 Å². The van der Waals surface area contributed by atoms with Gasteiger partial charge >= 0.3 is 0 Å². The first-order valence-electron chi connectivity index (χ1n) is 11.3. The Hall–Kier alpha value is -2.93. The molecule has 1 fully saturated rings. The Morgan fingerprint density at radius 2 is 1.74 bits per heavy atom. The SMILES string of the molecule is COc1cccc(C(CN2CCN(C(=O)c3ccc(F)cc3)CC2)OCc2cccc(Cl)c2)c1. The highest BCUT2D eigenvalue weighted by molar-refractivity contribution is 6.30. The number of methoxy groups -OCH3 is 1. The Kier molecular flexibility index (Phi) is 8.16. The van der Waals surface area contributed by atoms with E-state index in [0.29, 0.717) is 36.8 Å². The van der Waals surface area contributed by atoms with Gasteiger partial charge in [0.05, 0.1) is 19.8 Å². The van der Waals surface area contributed by atoms with Crippen LogP contribution in [-0.4, -0.2) is 55.5 Å². The number of piperazine rings is 1. The minimum atomic E-state index is -0.345. The highest BCUT2D eigenvalue weighted by atomic mass is 35.5. The summed E-state index contributed by atoms with van der Waals surface area (Å²) in [7, 11) is 1.65. The number of amides is 1. The number of rotatable bonds is 8. The van der Waals surface area contributed by atoms with Gasteiger partial charge in [-0.05, 0) is 59.7 Å². The number of hydrogen-bond acceptors (Lipinski definition) is 4. The highest BCUT2D eigenvalue weighted by Crippen LogP contribution is 2.25. The number of ether oxygens (including phenoxy) is 2. The van der Waals surface area contributed by atoms with E-state index in [2.05, 4.69) is 4.90 Å². The summed E-state index contributed by atoms with van der Waals surface area (Å²) in [5.74, 6) is 0.368. The molecular weight excluding hydrogens is 455 g/mol. The molecule has 4 rings (SSSR count). The molecule has 0 radical (unpaired) electrons. The van der Waals surface area contributed by atoms with Crippen LogP contribution >= 0.6 is 11.6 Å². The van der Waals surface area contributed by atoms with Crippen molar-refractivity contribution >= 4 is 17.5 Å². The second-order valence-electron chi connectivity index (χ2n) is 8.31. The first kappa shape index (κ1) is 24.2. The summed E-state index contributed by atoms with van der Waals surface area (Å²) >= 11 is 6.13. The monoisotopic (exact) mass is 482 g/mol. The third-order valence-electron chi connectivity index (χ3n) is 5.98. The maximum absolute atomic E-state index is 13.2. The Morgan fingerprint density at radius 3 is 2.44 bits per heavy atom. The summed E-state index contributed by atoms with van der Waals surface area (Å²) in [6.45, 7) is 3.80. The molecule has 0 spiro atoms. The van der Waals surface area contributed by atoms with E-state index in [9.17, 15) is 9.18 Å². The molecule has 3 aromatic rings. The van der Waals surface area contributed by atoms with Crippen molar-refractivity contribution in [1.82, 2.24) is 9.80 Å². The summed E-state index contributed by atoms with van der Waals surface area (Å²) in [5, 5.41) is 0.681. The van der Waals surface area contributed by atoms with E-state index in [1.54, 1.807) is 7.11 Å². The van der Waals surface area contributed by atoms with Gasteiger partial charge in [0.2, 0.25) is 0 Å². The molecular formula is C27H28ClFN2O3. The van der Waals surface area contributed by atoms with Crippen molar-refractivity contribution in [1.29, 1.82) is 0 Å². The molecule has 0 saturated carbocycles. The average Bonchev–Trinajstić information content (AvgIpc) is 2.87. The molecule has 0 aromatic heterocycles. The molecule has 0 bridgehead atoms.